The maximum absolute atomic E-state index is 6.03. The molecule has 0 atom stereocenters. The zero-order valence-electron chi connectivity index (χ0n) is 14.1. The predicted octanol–water partition coefficient (Wildman–Crippen LogP) is 3.21. The summed E-state index contributed by atoms with van der Waals surface area (Å²) in [7, 11) is 0. The molecule has 0 spiro atoms. The van der Waals surface area contributed by atoms with Crippen molar-refractivity contribution < 1.29 is 9.64 Å². The fourth-order valence-corrected chi connectivity index (χ4v) is 3.17. The zero-order valence-corrected chi connectivity index (χ0v) is 14.1. The summed E-state index contributed by atoms with van der Waals surface area (Å²) in [6, 6.07) is 8.47. The minimum Gasteiger partial charge on any atom is -0.493 e. The Morgan fingerprint density at radius 2 is 1.71 bits per heavy atom. The van der Waals surface area contributed by atoms with Crippen LogP contribution < -0.4 is 9.64 Å². The Hall–Kier alpha value is -1.02. The third kappa shape index (κ3) is 5.35. The maximum Gasteiger partial charge on any atom is 0.123 e. The molecule has 2 rings (SSSR count). The van der Waals surface area contributed by atoms with Crippen LogP contribution in [0.4, 0.5) is 0 Å². The van der Waals surface area contributed by atoms with Crippen LogP contribution >= 0.6 is 0 Å². The highest BCUT2D eigenvalue weighted by Gasteiger charge is 2.18. The number of hydrogen-bond acceptors (Lipinski definition) is 1. The Morgan fingerprint density at radius 1 is 1.00 bits per heavy atom. The lowest BCUT2D eigenvalue weighted by molar-refractivity contribution is -0.887. The SMILES string of the molecule is CC(C)(C)c1ccccc1OCCCCC[NH+]1CCCC1. The molecule has 1 aromatic carbocycles. The average molecular weight is 290 g/mol. The highest BCUT2D eigenvalue weighted by molar-refractivity contribution is 5.38. The molecule has 118 valence electrons. The summed E-state index contributed by atoms with van der Waals surface area (Å²) in [5, 5.41) is 0. The number of ether oxygens (including phenoxy) is 1. The van der Waals surface area contributed by atoms with Gasteiger partial charge in [-0.15, -0.1) is 0 Å². The molecule has 0 unspecified atom stereocenters. The Bertz CT molecular complexity index is 416. The fourth-order valence-electron chi connectivity index (χ4n) is 3.17. The Balaban J connectivity index is 1.66. The van der Waals surface area contributed by atoms with Crippen molar-refractivity contribution in [3.63, 3.8) is 0 Å². The minimum absolute atomic E-state index is 0.149. The molecule has 2 heteroatoms. The van der Waals surface area contributed by atoms with Crippen molar-refractivity contribution in [2.45, 2.75) is 58.3 Å². The van der Waals surface area contributed by atoms with Crippen LogP contribution in [0.3, 0.4) is 0 Å². The lowest BCUT2D eigenvalue weighted by atomic mass is 9.86. The van der Waals surface area contributed by atoms with Crippen LogP contribution in [0.2, 0.25) is 0 Å². The summed E-state index contributed by atoms with van der Waals surface area (Å²) in [4.78, 5) is 1.81. The number of rotatable bonds is 7. The topological polar surface area (TPSA) is 13.7 Å². The van der Waals surface area contributed by atoms with Gasteiger partial charge in [-0.25, -0.2) is 0 Å². The lowest BCUT2D eigenvalue weighted by Gasteiger charge is -2.22. The van der Waals surface area contributed by atoms with Gasteiger partial charge >= 0.3 is 0 Å². The number of quaternary nitrogens is 1. The van der Waals surface area contributed by atoms with Crippen LogP contribution in [0.1, 0.15) is 58.4 Å². The van der Waals surface area contributed by atoms with Crippen LogP contribution in [0, 0.1) is 0 Å². The van der Waals surface area contributed by atoms with Crippen LogP contribution in [0.25, 0.3) is 0 Å². The molecule has 1 aliphatic rings. The number of unbranched alkanes of at least 4 members (excludes halogenated alkanes) is 2. The van der Waals surface area contributed by atoms with E-state index in [9.17, 15) is 0 Å². The Labute approximate surface area is 130 Å². The van der Waals surface area contributed by atoms with Gasteiger partial charge < -0.3 is 9.64 Å². The summed E-state index contributed by atoms with van der Waals surface area (Å²) in [6.45, 7) is 11.7. The Morgan fingerprint density at radius 3 is 2.43 bits per heavy atom. The van der Waals surface area contributed by atoms with Gasteiger partial charge in [0.05, 0.1) is 26.2 Å². The first-order valence-electron chi connectivity index (χ1n) is 8.63. The van der Waals surface area contributed by atoms with E-state index in [-0.39, 0.29) is 5.41 Å². The van der Waals surface area contributed by atoms with Crippen molar-refractivity contribution in [3.05, 3.63) is 29.8 Å². The molecular formula is C19H32NO+. The van der Waals surface area contributed by atoms with Crippen molar-refractivity contribution in [2.24, 2.45) is 0 Å². The minimum atomic E-state index is 0.149. The number of hydrogen-bond donors (Lipinski definition) is 1. The second-order valence-electron chi connectivity index (χ2n) is 7.36. The largest absolute Gasteiger partial charge is 0.493 e. The Kier molecular flexibility index (Phi) is 6.10. The molecule has 1 saturated heterocycles. The summed E-state index contributed by atoms with van der Waals surface area (Å²) in [5.74, 6) is 1.06. The van der Waals surface area contributed by atoms with Crippen molar-refractivity contribution in [1.29, 1.82) is 0 Å². The van der Waals surface area contributed by atoms with Crippen LogP contribution in [-0.4, -0.2) is 26.2 Å². The third-order valence-electron chi connectivity index (χ3n) is 4.44. The molecule has 0 radical (unpaired) electrons. The third-order valence-corrected chi connectivity index (χ3v) is 4.44. The molecule has 0 aliphatic carbocycles. The van der Waals surface area contributed by atoms with Crippen molar-refractivity contribution in [2.75, 3.05) is 26.2 Å². The van der Waals surface area contributed by atoms with Crippen molar-refractivity contribution in [1.82, 2.24) is 0 Å². The van der Waals surface area contributed by atoms with Gasteiger partial charge in [0.2, 0.25) is 0 Å². The molecular weight excluding hydrogens is 258 g/mol. The summed E-state index contributed by atoms with van der Waals surface area (Å²) >= 11 is 0. The molecule has 0 saturated carbocycles. The van der Waals surface area contributed by atoms with E-state index < -0.39 is 0 Å². The molecule has 1 aromatic rings. The highest BCUT2D eigenvalue weighted by Crippen LogP contribution is 2.30. The van der Waals surface area contributed by atoms with E-state index in [0.29, 0.717) is 0 Å². The molecule has 21 heavy (non-hydrogen) atoms. The highest BCUT2D eigenvalue weighted by atomic mass is 16.5. The second-order valence-corrected chi connectivity index (χ2v) is 7.36. The van der Waals surface area contributed by atoms with Gasteiger partial charge in [0, 0.05) is 12.8 Å². The number of nitrogens with one attached hydrogen (secondary N) is 1. The van der Waals surface area contributed by atoms with Crippen LogP contribution in [-0.2, 0) is 5.41 Å². The maximum atomic E-state index is 6.03. The summed E-state index contributed by atoms with van der Waals surface area (Å²) in [6.07, 6.45) is 6.68. The van der Waals surface area contributed by atoms with Crippen LogP contribution in [0.5, 0.6) is 5.75 Å². The summed E-state index contributed by atoms with van der Waals surface area (Å²) < 4.78 is 6.03. The second kappa shape index (κ2) is 7.84. The molecule has 0 bridgehead atoms. The van der Waals surface area contributed by atoms with E-state index in [2.05, 4.69) is 45.0 Å². The van der Waals surface area contributed by atoms with Gasteiger partial charge in [-0.1, -0.05) is 39.0 Å². The monoisotopic (exact) mass is 290 g/mol. The van der Waals surface area contributed by atoms with E-state index in [0.717, 1.165) is 12.4 Å². The van der Waals surface area contributed by atoms with Gasteiger partial charge in [0.25, 0.3) is 0 Å². The van der Waals surface area contributed by atoms with Crippen LogP contribution in [0.15, 0.2) is 24.3 Å². The van der Waals surface area contributed by atoms with Gasteiger partial charge in [0.1, 0.15) is 5.75 Å². The fraction of sp³-hybridized carbons (Fsp3) is 0.684. The normalized spacial score (nSPS) is 16.3. The number of para-hydroxylation sites is 1. The zero-order chi connectivity index (χ0) is 15.1. The molecule has 2 nitrogen and oxygen atoms in total. The van der Waals surface area contributed by atoms with Gasteiger partial charge in [-0.3, -0.25) is 0 Å². The first-order valence-corrected chi connectivity index (χ1v) is 8.63. The quantitative estimate of drug-likeness (QED) is 0.761. The number of benzene rings is 1. The van der Waals surface area contributed by atoms with Crippen molar-refractivity contribution in [3.8, 4) is 5.75 Å². The molecule has 1 aliphatic heterocycles. The number of likely N-dealkylation sites (tertiary alicyclic amines) is 1. The standard InChI is InChI=1S/C19H31NO/c1-19(2,3)17-11-5-6-12-18(17)21-16-10-4-7-13-20-14-8-9-15-20/h5-6,11-12H,4,7-10,13-16H2,1-3H3/p+1. The molecule has 1 heterocycles. The smallest absolute Gasteiger partial charge is 0.123 e. The predicted molar refractivity (Wildman–Crippen MR) is 89.3 cm³/mol. The molecule has 1 fully saturated rings. The molecule has 0 amide bonds. The van der Waals surface area contributed by atoms with E-state index in [1.807, 2.05) is 4.90 Å². The first-order chi connectivity index (χ1) is 10.1. The van der Waals surface area contributed by atoms with E-state index in [4.69, 9.17) is 4.74 Å². The first kappa shape index (κ1) is 16.4. The lowest BCUT2D eigenvalue weighted by Crippen LogP contribution is -3.09. The van der Waals surface area contributed by atoms with E-state index >= 15 is 0 Å². The van der Waals surface area contributed by atoms with E-state index in [1.165, 1.54) is 57.3 Å². The van der Waals surface area contributed by atoms with Gasteiger partial charge in [-0.2, -0.15) is 0 Å². The molecule has 1 N–H and O–H groups in total. The van der Waals surface area contributed by atoms with Crippen molar-refractivity contribution >= 4 is 0 Å². The molecule has 0 aromatic heterocycles. The van der Waals surface area contributed by atoms with Gasteiger partial charge in [0.15, 0.2) is 0 Å². The summed E-state index contributed by atoms with van der Waals surface area (Å²) in [5.41, 5.74) is 1.46. The van der Waals surface area contributed by atoms with E-state index in [1.54, 1.807) is 0 Å². The average Bonchev–Trinajstić information content (AvgIpc) is 2.95. The van der Waals surface area contributed by atoms with Gasteiger partial charge in [-0.05, 0) is 36.3 Å².